The van der Waals surface area contributed by atoms with E-state index >= 15 is 0 Å². The molecule has 0 aliphatic heterocycles. The monoisotopic (exact) mass is 528 g/mol. The van der Waals surface area contributed by atoms with Crippen LogP contribution >= 0.6 is 0 Å². The Hall–Kier alpha value is -4.09. The molecule has 0 fully saturated rings. The molecule has 38 heavy (non-hydrogen) atoms. The second-order valence-corrected chi connectivity index (χ2v) is 9.94. The number of aromatic nitrogens is 4. The molecule has 0 spiro atoms. The van der Waals surface area contributed by atoms with Gasteiger partial charge in [-0.2, -0.15) is 5.10 Å². The maximum absolute atomic E-state index is 13.3. The van der Waals surface area contributed by atoms with Crippen molar-refractivity contribution < 1.29 is 27.9 Å². The van der Waals surface area contributed by atoms with Crippen molar-refractivity contribution >= 4 is 23.8 Å². The molecule has 0 aliphatic rings. The van der Waals surface area contributed by atoms with E-state index in [1.54, 1.807) is 7.05 Å². The average Bonchev–Trinajstić information content (AvgIpc) is 3.49. The zero-order valence-electron chi connectivity index (χ0n) is 22.2. The van der Waals surface area contributed by atoms with E-state index < -0.39 is 29.4 Å². The van der Waals surface area contributed by atoms with Crippen molar-refractivity contribution in [3.63, 3.8) is 0 Å². The highest BCUT2D eigenvalue weighted by atomic mass is 19.1. The number of nitrogens with zero attached hydrogens (tertiary/aromatic N) is 5. The molecule has 3 rings (SSSR count). The Morgan fingerprint density at radius 2 is 1.84 bits per heavy atom. The van der Waals surface area contributed by atoms with Crippen LogP contribution in [0.3, 0.4) is 0 Å². The third kappa shape index (κ3) is 7.46. The number of carbonyl (C=O) groups is 3. The Morgan fingerprint density at radius 3 is 2.45 bits per heavy atom. The summed E-state index contributed by atoms with van der Waals surface area (Å²) < 4.78 is 25.5. The van der Waals surface area contributed by atoms with Crippen molar-refractivity contribution in [1.82, 2.24) is 24.9 Å². The van der Waals surface area contributed by atoms with Crippen molar-refractivity contribution in [3.8, 4) is 11.5 Å². The molecule has 11 nitrogen and oxygen atoms in total. The molecular formula is C26H33FN6O5. The first-order valence-electron chi connectivity index (χ1n) is 12.4. The number of halogens is 1. The number of benzene rings is 1. The fourth-order valence-electron chi connectivity index (χ4n) is 3.85. The quantitative estimate of drug-likeness (QED) is 0.187. The van der Waals surface area contributed by atoms with E-state index in [1.807, 2.05) is 27.7 Å². The summed E-state index contributed by atoms with van der Waals surface area (Å²) in [4.78, 5) is 39.5. The third-order valence-corrected chi connectivity index (χ3v) is 5.97. The van der Waals surface area contributed by atoms with Crippen LogP contribution < -0.4 is 5.32 Å². The van der Waals surface area contributed by atoms with Gasteiger partial charge in [0.1, 0.15) is 11.6 Å². The molecular weight excluding hydrogens is 495 g/mol. The van der Waals surface area contributed by atoms with Gasteiger partial charge in [0, 0.05) is 37.7 Å². The zero-order chi connectivity index (χ0) is 27.9. The van der Waals surface area contributed by atoms with Crippen LogP contribution in [0.1, 0.15) is 52.8 Å². The second kappa shape index (κ2) is 12.4. The molecule has 2 aromatic heterocycles. The number of hydrogen-bond donors (Lipinski definition) is 1. The van der Waals surface area contributed by atoms with E-state index in [9.17, 15) is 18.8 Å². The first-order chi connectivity index (χ1) is 18.0. The molecule has 12 heteroatoms. The topological polar surface area (TPSA) is 132 Å². The average molecular weight is 529 g/mol. The number of ether oxygens (including phenoxy) is 1. The van der Waals surface area contributed by atoms with Gasteiger partial charge in [0.25, 0.3) is 0 Å². The van der Waals surface area contributed by atoms with Crippen LogP contribution in [0, 0.1) is 11.2 Å². The fraction of sp³-hybridized carbons (Fsp3) is 0.462. The van der Waals surface area contributed by atoms with Crippen LogP contribution in [0.2, 0.25) is 0 Å². The van der Waals surface area contributed by atoms with Crippen LogP contribution in [0.5, 0.6) is 0 Å². The van der Waals surface area contributed by atoms with Gasteiger partial charge in [-0.15, -0.1) is 10.2 Å². The number of carbonyl (C=O) groups excluding carboxylic acids is 3. The number of hydrogen-bond acceptors (Lipinski definition) is 8. The summed E-state index contributed by atoms with van der Waals surface area (Å²) in [6, 6.07) is 6.65. The summed E-state index contributed by atoms with van der Waals surface area (Å²) >= 11 is 0. The SMILES string of the molecule is CCCCCN(C(=O)OC(=O)C(=O)Nc1ccnn1C)[C@H](Cc1nnc(-c2ccc(F)cc2)o1)C(C)(C)C. The highest BCUT2D eigenvalue weighted by molar-refractivity contribution is 6.38. The predicted octanol–water partition coefficient (Wildman–Crippen LogP) is 4.36. The molecule has 1 N–H and O–H groups in total. The van der Waals surface area contributed by atoms with Gasteiger partial charge in [0.05, 0.1) is 6.20 Å². The minimum atomic E-state index is -1.33. The van der Waals surface area contributed by atoms with E-state index in [4.69, 9.17) is 9.15 Å². The Labute approximate surface area is 220 Å². The molecule has 0 saturated heterocycles. The number of aryl methyl sites for hydroxylation is 1. The fourth-order valence-corrected chi connectivity index (χ4v) is 3.85. The Bertz CT molecular complexity index is 1250. The van der Waals surface area contributed by atoms with Crippen molar-refractivity contribution in [2.45, 2.75) is 59.4 Å². The van der Waals surface area contributed by atoms with Crippen LogP contribution in [-0.2, 0) is 27.8 Å². The lowest BCUT2D eigenvalue weighted by Crippen LogP contribution is -2.50. The van der Waals surface area contributed by atoms with Crippen LogP contribution in [0.25, 0.3) is 11.5 Å². The van der Waals surface area contributed by atoms with Gasteiger partial charge < -0.3 is 19.4 Å². The molecule has 2 amide bonds. The zero-order valence-corrected chi connectivity index (χ0v) is 22.2. The molecule has 204 valence electrons. The van der Waals surface area contributed by atoms with Gasteiger partial charge in [-0.1, -0.05) is 40.5 Å². The van der Waals surface area contributed by atoms with E-state index in [1.165, 1.54) is 46.1 Å². The largest absolute Gasteiger partial charge is 0.421 e. The third-order valence-electron chi connectivity index (χ3n) is 5.97. The van der Waals surface area contributed by atoms with Gasteiger partial charge in [-0.25, -0.2) is 14.0 Å². The number of unbranched alkanes of at least 4 members (excludes halogenated alkanes) is 2. The van der Waals surface area contributed by atoms with Gasteiger partial charge in [-0.3, -0.25) is 9.48 Å². The summed E-state index contributed by atoms with van der Waals surface area (Å²) in [5.41, 5.74) is 0.0668. The van der Waals surface area contributed by atoms with Crippen LogP contribution in [0.4, 0.5) is 15.0 Å². The van der Waals surface area contributed by atoms with Crippen LogP contribution in [0.15, 0.2) is 40.9 Å². The summed E-state index contributed by atoms with van der Waals surface area (Å²) in [5, 5.41) is 14.5. The van der Waals surface area contributed by atoms with Crippen LogP contribution in [-0.4, -0.2) is 55.4 Å². The van der Waals surface area contributed by atoms with Crippen molar-refractivity contribution in [2.24, 2.45) is 12.5 Å². The highest BCUT2D eigenvalue weighted by Gasteiger charge is 2.37. The maximum Gasteiger partial charge on any atom is 0.418 e. The first kappa shape index (κ1) is 28.5. The molecule has 1 atom stereocenters. The number of nitrogens with one attached hydrogen (secondary N) is 1. The molecule has 0 saturated carbocycles. The van der Waals surface area contributed by atoms with Crippen molar-refractivity contribution in [2.75, 3.05) is 11.9 Å². The molecule has 1 aromatic carbocycles. The Morgan fingerprint density at radius 1 is 1.13 bits per heavy atom. The first-order valence-corrected chi connectivity index (χ1v) is 12.4. The Balaban J connectivity index is 1.79. The lowest BCUT2D eigenvalue weighted by Gasteiger charge is -2.38. The van der Waals surface area contributed by atoms with E-state index in [0.29, 0.717) is 18.5 Å². The molecule has 0 unspecified atom stereocenters. The lowest BCUT2D eigenvalue weighted by atomic mass is 9.83. The standard InChI is InChI=1S/C26H33FN6O5/c1-6-7-8-15-33(25(36)38-24(35)22(34)29-20-13-14-28-32(20)5)19(26(2,3)4)16-21-30-31-23(37-21)17-9-11-18(27)12-10-17/h9-14,19H,6-8,15-16H2,1-5H3,(H,29,34)/t19-/m1/s1. The predicted molar refractivity (Wildman–Crippen MR) is 136 cm³/mol. The molecule has 3 aromatic rings. The number of esters is 1. The maximum atomic E-state index is 13.3. The number of anilines is 1. The molecule has 0 bridgehead atoms. The number of amides is 2. The van der Waals surface area contributed by atoms with Crippen molar-refractivity contribution in [1.29, 1.82) is 0 Å². The summed E-state index contributed by atoms with van der Waals surface area (Å²) in [5.74, 6) is -2.05. The normalized spacial score (nSPS) is 12.2. The Kier molecular flexibility index (Phi) is 9.32. The minimum Gasteiger partial charge on any atom is -0.421 e. The van der Waals surface area contributed by atoms with E-state index in [0.717, 1.165) is 12.8 Å². The summed E-state index contributed by atoms with van der Waals surface area (Å²) in [7, 11) is 1.59. The smallest absolute Gasteiger partial charge is 0.418 e. The molecule has 2 heterocycles. The summed E-state index contributed by atoms with van der Waals surface area (Å²) in [6.45, 7) is 8.14. The van der Waals surface area contributed by atoms with E-state index in [2.05, 4.69) is 20.6 Å². The lowest BCUT2D eigenvalue weighted by molar-refractivity contribution is -0.149. The highest BCUT2D eigenvalue weighted by Crippen LogP contribution is 2.29. The van der Waals surface area contributed by atoms with Gasteiger partial charge in [0.15, 0.2) is 0 Å². The van der Waals surface area contributed by atoms with Gasteiger partial charge >= 0.3 is 18.0 Å². The second-order valence-electron chi connectivity index (χ2n) is 9.94. The minimum absolute atomic E-state index is 0.175. The van der Waals surface area contributed by atoms with E-state index in [-0.39, 0.29) is 29.8 Å². The molecule has 0 aliphatic carbocycles. The van der Waals surface area contributed by atoms with Crippen molar-refractivity contribution in [3.05, 3.63) is 48.2 Å². The molecule has 0 radical (unpaired) electrons. The van der Waals surface area contributed by atoms with Gasteiger partial charge in [-0.05, 0) is 36.1 Å². The number of rotatable bonds is 9. The van der Waals surface area contributed by atoms with Gasteiger partial charge in [0.2, 0.25) is 11.8 Å². The summed E-state index contributed by atoms with van der Waals surface area (Å²) in [6.07, 6.45) is 3.12.